The van der Waals surface area contributed by atoms with Gasteiger partial charge < -0.3 is 15.1 Å². The Morgan fingerprint density at radius 2 is 1.68 bits per heavy atom. The van der Waals surface area contributed by atoms with E-state index in [0.717, 1.165) is 43.6 Å². The second-order valence-corrected chi connectivity index (χ2v) is 8.02. The molecule has 4 rings (SSSR count). The molecule has 6 heteroatoms. The third-order valence-electron chi connectivity index (χ3n) is 5.76. The van der Waals surface area contributed by atoms with Gasteiger partial charge in [-0.1, -0.05) is 6.92 Å². The van der Waals surface area contributed by atoms with Gasteiger partial charge in [-0.25, -0.2) is 9.97 Å². The second kappa shape index (κ2) is 8.17. The summed E-state index contributed by atoms with van der Waals surface area (Å²) < 4.78 is 0. The molecule has 0 spiro atoms. The SMILES string of the molecule is Cc1nc(C(=O)Nc2ccc(N3CCC(C)CC3)cc2)cc(N2CCCC2)n1. The van der Waals surface area contributed by atoms with Gasteiger partial charge in [-0.15, -0.1) is 0 Å². The van der Waals surface area contributed by atoms with Crippen LogP contribution in [0.15, 0.2) is 30.3 Å². The van der Waals surface area contributed by atoms with Crippen LogP contribution in [0.4, 0.5) is 17.2 Å². The Labute approximate surface area is 167 Å². The Kier molecular flexibility index (Phi) is 5.46. The summed E-state index contributed by atoms with van der Waals surface area (Å²) >= 11 is 0. The van der Waals surface area contributed by atoms with E-state index in [-0.39, 0.29) is 5.91 Å². The number of amides is 1. The van der Waals surface area contributed by atoms with Gasteiger partial charge in [-0.05, 0) is 62.8 Å². The van der Waals surface area contributed by atoms with Crippen LogP contribution in [0, 0.1) is 12.8 Å². The summed E-state index contributed by atoms with van der Waals surface area (Å²) in [6.07, 6.45) is 4.83. The van der Waals surface area contributed by atoms with E-state index in [4.69, 9.17) is 0 Å². The third kappa shape index (κ3) is 4.26. The first-order valence-electron chi connectivity index (χ1n) is 10.4. The minimum Gasteiger partial charge on any atom is -0.372 e. The van der Waals surface area contributed by atoms with Crippen molar-refractivity contribution in [2.24, 2.45) is 5.92 Å². The van der Waals surface area contributed by atoms with Crippen molar-refractivity contribution in [2.75, 3.05) is 41.3 Å². The molecule has 0 aliphatic carbocycles. The van der Waals surface area contributed by atoms with Crippen molar-refractivity contribution < 1.29 is 4.79 Å². The van der Waals surface area contributed by atoms with Crippen molar-refractivity contribution in [3.63, 3.8) is 0 Å². The minimum atomic E-state index is -0.189. The summed E-state index contributed by atoms with van der Waals surface area (Å²) in [5.74, 6) is 2.11. The quantitative estimate of drug-likeness (QED) is 0.874. The molecule has 1 amide bonds. The Morgan fingerprint density at radius 1 is 1.00 bits per heavy atom. The zero-order valence-corrected chi connectivity index (χ0v) is 16.8. The van der Waals surface area contributed by atoms with Crippen LogP contribution >= 0.6 is 0 Å². The smallest absolute Gasteiger partial charge is 0.274 e. The number of piperidine rings is 1. The van der Waals surface area contributed by atoms with Gasteiger partial charge in [-0.2, -0.15) is 0 Å². The van der Waals surface area contributed by atoms with E-state index in [1.54, 1.807) is 6.07 Å². The highest BCUT2D eigenvalue weighted by Gasteiger charge is 2.18. The maximum absolute atomic E-state index is 12.7. The molecular formula is C22H29N5O. The molecule has 0 atom stereocenters. The number of anilines is 3. The lowest BCUT2D eigenvalue weighted by atomic mass is 9.99. The minimum absolute atomic E-state index is 0.189. The predicted octanol–water partition coefficient (Wildman–Crippen LogP) is 3.87. The van der Waals surface area contributed by atoms with Gasteiger partial charge in [0, 0.05) is 43.6 Å². The van der Waals surface area contributed by atoms with E-state index in [1.807, 2.05) is 19.1 Å². The molecule has 6 nitrogen and oxygen atoms in total. The van der Waals surface area contributed by atoms with Gasteiger partial charge in [-0.3, -0.25) is 4.79 Å². The number of aromatic nitrogens is 2. The number of carbonyl (C=O) groups excluding carboxylic acids is 1. The Bertz CT molecular complexity index is 821. The molecule has 2 saturated heterocycles. The summed E-state index contributed by atoms with van der Waals surface area (Å²) in [6.45, 7) is 8.35. The Hall–Kier alpha value is -2.63. The Morgan fingerprint density at radius 3 is 2.36 bits per heavy atom. The number of hydrogen-bond donors (Lipinski definition) is 1. The lowest BCUT2D eigenvalue weighted by Gasteiger charge is -2.32. The van der Waals surface area contributed by atoms with Crippen molar-refractivity contribution >= 4 is 23.1 Å². The normalized spacial score (nSPS) is 17.8. The summed E-state index contributed by atoms with van der Waals surface area (Å²) in [5.41, 5.74) is 2.43. The third-order valence-corrected chi connectivity index (χ3v) is 5.76. The van der Waals surface area contributed by atoms with Crippen molar-refractivity contribution in [3.05, 3.63) is 41.9 Å². The number of nitrogens with zero attached hydrogens (tertiary/aromatic N) is 4. The molecule has 2 aromatic rings. The van der Waals surface area contributed by atoms with Crippen molar-refractivity contribution in [1.82, 2.24) is 9.97 Å². The van der Waals surface area contributed by atoms with Crippen LogP contribution < -0.4 is 15.1 Å². The molecule has 0 saturated carbocycles. The summed E-state index contributed by atoms with van der Waals surface area (Å²) in [5, 5.41) is 2.97. The highest BCUT2D eigenvalue weighted by molar-refractivity contribution is 6.03. The van der Waals surface area contributed by atoms with Crippen molar-refractivity contribution in [3.8, 4) is 0 Å². The second-order valence-electron chi connectivity index (χ2n) is 8.02. The first kappa shape index (κ1) is 18.7. The maximum atomic E-state index is 12.7. The highest BCUT2D eigenvalue weighted by Crippen LogP contribution is 2.25. The van der Waals surface area contributed by atoms with Crippen molar-refractivity contribution in [1.29, 1.82) is 0 Å². The molecule has 1 aromatic heterocycles. The van der Waals surface area contributed by atoms with Crippen LogP contribution in [0.3, 0.4) is 0 Å². The molecule has 1 aromatic carbocycles. The molecule has 1 N–H and O–H groups in total. The predicted molar refractivity (Wildman–Crippen MR) is 113 cm³/mol. The number of carbonyl (C=O) groups is 1. The van der Waals surface area contributed by atoms with Gasteiger partial charge in [0.05, 0.1) is 0 Å². The fraction of sp³-hybridized carbons (Fsp3) is 0.500. The Balaban J connectivity index is 1.43. The summed E-state index contributed by atoms with van der Waals surface area (Å²) in [6, 6.07) is 9.93. The van der Waals surface area contributed by atoms with Gasteiger partial charge in [0.2, 0.25) is 0 Å². The number of hydrogen-bond acceptors (Lipinski definition) is 5. The lowest BCUT2D eigenvalue weighted by Crippen LogP contribution is -2.32. The number of benzene rings is 1. The van der Waals surface area contributed by atoms with E-state index < -0.39 is 0 Å². The molecule has 2 aliphatic rings. The molecule has 28 heavy (non-hydrogen) atoms. The van der Waals surface area contributed by atoms with Crippen LogP contribution in [-0.4, -0.2) is 42.1 Å². The summed E-state index contributed by atoms with van der Waals surface area (Å²) in [4.78, 5) is 26.2. The molecular weight excluding hydrogens is 350 g/mol. The molecule has 0 unspecified atom stereocenters. The first-order chi connectivity index (χ1) is 13.6. The zero-order chi connectivity index (χ0) is 19.5. The van der Waals surface area contributed by atoms with E-state index in [0.29, 0.717) is 11.5 Å². The standard InChI is InChI=1S/C22H29N5O/c1-16-9-13-26(14-10-16)19-7-5-18(6-8-19)25-22(28)20-15-21(24-17(2)23-20)27-11-3-4-12-27/h5-8,15-16H,3-4,9-14H2,1-2H3,(H,25,28). The number of rotatable bonds is 4. The average molecular weight is 380 g/mol. The van der Waals surface area contributed by atoms with Gasteiger partial charge >= 0.3 is 0 Å². The monoisotopic (exact) mass is 379 g/mol. The van der Waals surface area contributed by atoms with Gasteiger partial charge in [0.25, 0.3) is 5.91 Å². The fourth-order valence-corrected chi connectivity index (χ4v) is 3.99. The number of aryl methyl sites for hydroxylation is 1. The van der Waals surface area contributed by atoms with Crippen LogP contribution in [0.25, 0.3) is 0 Å². The fourth-order valence-electron chi connectivity index (χ4n) is 3.99. The lowest BCUT2D eigenvalue weighted by molar-refractivity contribution is 0.102. The van der Waals surface area contributed by atoms with Gasteiger partial charge in [0.1, 0.15) is 17.3 Å². The molecule has 2 aliphatic heterocycles. The van der Waals surface area contributed by atoms with Crippen LogP contribution in [0.5, 0.6) is 0 Å². The van der Waals surface area contributed by atoms with Crippen LogP contribution in [0.2, 0.25) is 0 Å². The number of nitrogens with one attached hydrogen (secondary N) is 1. The molecule has 3 heterocycles. The first-order valence-corrected chi connectivity index (χ1v) is 10.4. The van der Waals surface area contributed by atoms with E-state index in [2.05, 4.69) is 44.1 Å². The maximum Gasteiger partial charge on any atom is 0.274 e. The van der Waals surface area contributed by atoms with E-state index in [9.17, 15) is 4.79 Å². The molecule has 2 fully saturated rings. The topological polar surface area (TPSA) is 61.4 Å². The van der Waals surface area contributed by atoms with Gasteiger partial charge in [0.15, 0.2) is 0 Å². The van der Waals surface area contributed by atoms with Crippen LogP contribution in [-0.2, 0) is 0 Å². The largest absolute Gasteiger partial charge is 0.372 e. The average Bonchev–Trinajstić information content (AvgIpc) is 3.24. The van der Waals surface area contributed by atoms with Crippen molar-refractivity contribution in [2.45, 2.75) is 39.5 Å². The highest BCUT2D eigenvalue weighted by atomic mass is 16.1. The van der Waals surface area contributed by atoms with E-state index in [1.165, 1.54) is 31.4 Å². The summed E-state index contributed by atoms with van der Waals surface area (Å²) in [7, 11) is 0. The molecule has 148 valence electrons. The molecule has 0 radical (unpaired) electrons. The van der Waals surface area contributed by atoms with Crippen LogP contribution in [0.1, 0.15) is 48.9 Å². The van der Waals surface area contributed by atoms with E-state index >= 15 is 0 Å². The molecule has 0 bridgehead atoms. The zero-order valence-electron chi connectivity index (χ0n) is 16.8.